The molecule has 1 heterocycles. The molecule has 94 valence electrons. The Morgan fingerprint density at radius 3 is 2.21 bits per heavy atom. The molecule has 2 aromatic rings. The molecular formula is C18H17N. The molecule has 0 N–H and O–H groups in total. The largest absolute Gasteiger partial charge is 0.280 e. The third-order valence-electron chi connectivity index (χ3n) is 3.65. The molecule has 2 aromatic carbocycles. The molecule has 0 spiro atoms. The summed E-state index contributed by atoms with van der Waals surface area (Å²) in [6.07, 6.45) is 2.25. The van der Waals surface area contributed by atoms with Crippen molar-refractivity contribution < 1.29 is 0 Å². The van der Waals surface area contributed by atoms with Crippen molar-refractivity contribution in [1.29, 1.82) is 0 Å². The van der Waals surface area contributed by atoms with E-state index in [9.17, 15) is 0 Å². The Morgan fingerprint density at radius 2 is 1.53 bits per heavy atom. The van der Waals surface area contributed by atoms with Crippen LogP contribution in [0, 0.1) is 0 Å². The lowest BCUT2D eigenvalue weighted by Crippen LogP contribution is -2.08. The zero-order valence-electron chi connectivity index (χ0n) is 11.1. The van der Waals surface area contributed by atoms with Gasteiger partial charge in [-0.25, -0.2) is 0 Å². The molecule has 1 unspecified atom stereocenters. The normalized spacial score (nSPS) is 15.8. The quantitative estimate of drug-likeness (QED) is 0.770. The van der Waals surface area contributed by atoms with E-state index in [4.69, 9.17) is 0 Å². The lowest BCUT2D eigenvalue weighted by atomic mass is 9.88. The van der Waals surface area contributed by atoms with Crippen LogP contribution in [0.4, 0.5) is 0 Å². The Labute approximate surface area is 114 Å². The van der Waals surface area contributed by atoms with Gasteiger partial charge in [-0.2, -0.15) is 0 Å². The molecule has 0 amide bonds. The van der Waals surface area contributed by atoms with Crippen molar-refractivity contribution >= 4 is 5.71 Å². The summed E-state index contributed by atoms with van der Waals surface area (Å²) < 4.78 is 0. The molecule has 1 atom stereocenters. The van der Waals surface area contributed by atoms with Crippen molar-refractivity contribution in [1.82, 2.24) is 0 Å². The predicted octanol–water partition coefficient (Wildman–Crippen LogP) is 4.22. The van der Waals surface area contributed by atoms with Crippen molar-refractivity contribution in [2.75, 3.05) is 6.54 Å². The highest BCUT2D eigenvalue weighted by Crippen LogP contribution is 2.29. The zero-order valence-corrected chi connectivity index (χ0v) is 11.1. The maximum Gasteiger partial charge on any atom is 0.0686 e. The molecule has 1 heteroatoms. The average molecular weight is 247 g/mol. The number of hydrogen-bond donors (Lipinski definition) is 0. The summed E-state index contributed by atoms with van der Waals surface area (Å²) in [6.45, 7) is 3.06. The maximum atomic E-state index is 4.66. The second kappa shape index (κ2) is 5.23. The Kier molecular flexibility index (Phi) is 3.28. The number of aliphatic imine (C=N–C) groups is 1. The molecule has 0 bridgehead atoms. The Hall–Kier alpha value is -2.15. The summed E-state index contributed by atoms with van der Waals surface area (Å²) in [5.74, 6) is 0.391. The fraction of sp³-hybridized carbons (Fsp3) is 0.167. The molecule has 1 nitrogen and oxygen atoms in total. The van der Waals surface area contributed by atoms with Crippen molar-refractivity contribution in [2.24, 2.45) is 4.99 Å². The van der Waals surface area contributed by atoms with Crippen LogP contribution in [0.25, 0.3) is 0 Å². The molecule has 19 heavy (non-hydrogen) atoms. The van der Waals surface area contributed by atoms with Gasteiger partial charge in [0.2, 0.25) is 0 Å². The zero-order chi connectivity index (χ0) is 13.1. The Balaban J connectivity index is 1.92. The van der Waals surface area contributed by atoms with Crippen LogP contribution < -0.4 is 0 Å². The van der Waals surface area contributed by atoms with E-state index in [-0.39, 0.29) is 0 Å². The first kappa shape index (κ1) is 11.9. The number of benzene rings is 2. The number of nitrogens with zero attached hydrogens (tertiary/aromatic N) is 1. The van der Waals surface area contributed by atoms with Crippen LogP contribution in [-0.2, 0) is 0 Å². The Morgan fingerprint density at radius 1 is 0.895 bits per heavy atom. The second-order valence-corrected chi connectivity index (χ2v) is 4.85. The highest BCUT2D eigenvalue weighted by atomic mass is 14.8. The number of rotatable bonds is 3. The summed E-state index contributed by atoms with van der Waals surface area (Å²) >= 11 is 0. The summed E-state index contributed by atoms with van der Waals surface area (Å²) in [6, 6.07) is 21.1. The van der Waals surface area contributed by atoms with Gasteiger partial charge in [0.15, 0.2) is 0 Å². The second-order valence-electron chi connectivity index (χ2n) is 4.85. The van der Waals surface area contributed by atoms with E-state index in [0.29, 0.717) is 5.92 Å². The minimum atomic E-state index is 0.391. The molecule has 0 aliphatic carbocycles. The van der Waals surface area contributed by atoms with Gasteiger partial charge in [0, 0.05) is 5.92 Å². The first-order valence-electron chi connectivity index (χ1n) is 6.71. The molecule has 1 aliphatic heterocycles. The fourth-order valence-electron chi connectivity index (χ4n) is 2.58. The van der Waals surface area contributed by atoms with Crippen molar-refractivity contribution in [3.05, 3.63) is 83.4 Å². The predicted molar refractivity (Wildman–Crippen MR) is 80.8 cm³/mol. The SMILES string of the molecule is CC(C1=CCN=C1c1ccccc1)c1ccccc1. The molecular weight excluding hydrogens is 230 g/mol. The van der Waals surface area contributed by atoms with E-state index in [1.165, 1.54) is 16.7 Å². The third-order valence-corrected chi connectivity index (χ3v) is 3.65. The van der Waals surface area contributed by atoms with E-state index in [1.807, 2.05) is 6.07 Å². The van der Waals surface area contributed by atoms with Gasteiger partial charge >= 0.3 is 0 Å². The molecule has 0 saturated carbocycles. The fourth-order valence-corrected chi connectivity index (χ4v) is 2.58. The van der Waals surface area contributed by atoms with E-state index in [2.05, 4.69) is 72.6 Å². The van der Waals surface area contributed by atoms with Crippen LogP contribution in [0.1, 0.15) is 24.0 Å². The topological polar surface area (TPSA) is 12.4 Å². The standard InChI is InChI=1S/C18H17N/c1-14(15-8-4-2-5-9-15)17-12-13-19-18(17)16-10-6-3-7-11-16/h2-12,14H,13H2,1H3. The van der Waals surface area contributed by atoms with Gasteiger partial charge in [-0.05, 0) is 16.7 Å². The molecule has 0 radical (unpaired) electrons. The van der Waals surface area contributed by atoms with Gasteiger partial charge in [-0.1, -0.05) is 73.7 Å². The highest BCUT2D eigenvalue weighted by Gasteiger charge is 2.20. The van der Waals surface area contributed by atoms with E-state index in [0.717, 1.165) is 12.3 Å². The van der Waals surface area contributed by atoms with E-state index >= 15 is 0 Å². The van der Waals surface area contributed by atoms with Gasteiger partial charge < -0.3 is 0 Å². The summed E-state index contributed by atoms with van der Waals surface area (Å²) in [5, 5.41) is 0. The van der Waals surface area contributed by atoms with Crippen LogP contribution in [0.3, 0.4) is 0 Å². The summed E-state index contributed by atoms with van der Waals surface area (Å²) in [5.41, 5.74) is 5.06. The van der Waals surface area contributed by atoms with Gasteiger partial charge in [-0.15, -0.1) is 0 Å². The lowest BCUT2D eigenvalue weighted by molar-refractivity contribution is 0.937. The van der Waals surface area contributed by atoms with E-state index in [1.54, 1.807) is 0 Å². The smallest absolute Gasteiger partial charge is 0.0686 e. The molecule has 0 saturated heterocycles. The van der Waals surface area contributed by atoms with Crippen molar-refractivity contribution in [3.63, 3.8) is 0 Å². The monoisotopic (exact) mass is 247 g/mol. The van der Waals surface area contributed by atoms with Crippen molar-refractivity contribution in [3.8, 4) is 0 Å². The van der Waals surface area contributed by atoms with Crippen LogP contribution in [0.2, 0.25) is 0 Å². The minimum Gasteiger partial charge on any atom is -0.280 e. The van der Waals surface area contributed by atoms with Crippen LogP contribution >= 0.6 is 0 Å². The van der Waals surface area contributed by atoms with Crippen LogP contribution in [0.5, 0.6) is 0 Å². The number of allylic oxidation sites excluding steroid dienone is 1. The third kappa shape index (κ3) is 2.37. The van der Waals surface area contributed by atoms with Crippen molar-refractivity contribution in [2.45, 2.75) is 12.8 Å². The highest BCUT2D eigenvalue weighted by molar-refractivity contribution is 6.14. The Bertz CT molecular complexity index is 609. The van der Waals surface area contributed by atoms with Gasteiger partial charge in [0.25, 0.3) is 0 Å². The maximum absolute atomic E-state index is 4.66. The molecule has 0 aromatic heterocycles. The summed E-state index contributed by atoms with van der Waals surface area (Å²) in [4.78, 5) is 4.66. The van der Waals surface area contributed by atoms with Gasteiger partial charge in [-0.3, -0.25) is 4.99 Å². The van der Waals surface area contributed by atoms with Gasteiger partial charge in [0.05, 0.1) is 12.3 Å². The summed E-state index contributed by atoms with van der Waals surface area (Å²) in [7, 11) is 0. The first-order chi connectivity index (χ1) is 9.36. The van der Waals surface area contributed by atoms with Crippen LogP contribution in [0.15, 0.2) is 77.3 Å². The molecule has 0 fully saturated rings. The molecule has 3 rings (SSSR count). The first-order valence-corrected chi connectivity index (χ1v) is 6.71. The number of hydrogen-bond acceptors (Lipinski definition) is 1. The lowest BCUT2D eigenvalue weighted by Gasteiger charge is -2.16. The van der Waals surface area contributed by atoms with Crippen LogP contribution in [-0.4, -0.2) is 12.3 Å². The average Bonchev–Trinajstić information content (AvgIpc) is 2.98. The minimum absolute atomic E-state index is 0.391. The van der Waals surface area contributed by atoms with Gasteiger partial charge in [0.1, 0.15) is 0 Å². The van der Waals surface area contributed by atoms with E-state index < -0.39 is 0 Å². The molecule has 1 aliphatic rings.